The molecule has 2 aliphatic carbocycles. The fraction of sp³-hybridized carbons (Fsp3) is 0.545. The number of carbonyl (C=O) groups is 1. The third-order valence-corrected chi connectivity index (χ3v) is 6.35. The monoisotopic (exact) mass is 385 g/mol. The first kappa shape index (κ1) is 18.5. The second-order valence-electron chi connectivity index (χ2n) is 8.06. The molecule has 4 nitrogen and oxygen atoms in total. The third-order valence-electron chi connectivity index (χ3n) is 6.11. The molecule has 0 radical (unpaired) electrons. The Bertz CT molecular complexity index is 795. The van der Waals surface area contributed by atoms with Gasteiger partial charge in [0.1, 0.15) is 0 Å². The summed E-state index contributed by atoms with van der Waals surface area (Å²) in [5, 5.41) is 8.82. The molecule has 0 spiro atoms. The highest BCUT2D eigenvalue weighted by Crippen LogP contribution is 2.29. The molecular weight excluding hydrogens is 358 g/mol. The van der Waals surface area contributed by atoms with Gasteiger partial charge in [0.15, 0.2) is 0 Å². The number of pyridine rings is 1. The fourth-order valence-corrected chi connectivity index (χ4v) is 4.70. The molecular formula is C22H28ClN3O. The van der Waals surface area contributed by atoms with Crippen LogP contribution in [0.25, 0.3) is 10.9 Å². The van der Waals surface area contributed by atoms with Crippen LogP contribution in [-0.2, 0) is 4.79 Å². The minimum atomic E-state index is 0.254. The SMILES string of the molecule is O=C(NC1CCC(Nc2ccnc3cc(Cl)ccc23)CC1)C1CCCCC1. The molecule has 2 N–H and O–H groups in total. The van der Waals surface area contributed by atoms with Gasteiger partial charge >= 0.3 is 0 Å². The van der Waals surface area contributed by atoms with Crippen LogP contribution in [0.3, 0.4) is 0 Å². The summed E-state index contributed by atoms with van der Waals surface area (Å²) in [6.45, 7) is 0. The average molecular weight is 386 g/mol. The van der Waals surface area contributed by atoms with Crippen LogP contribution in [0.2, 0.25) is 5.02 Å². The standard InChI is InChI=1S/C22H28ClN3O/c23-16-6-11-19-20(12-13-24-21(19)14-16)25-17-7-9-18(10-8-17)26-22(27)15-4-2-1-3-5-15/h6,11-15,17-18H,1-5,7-10H2,(H,24,25)(H,26,27). The van der Waals surface area contributed by atoms with Crippen LogP contribution in [0, 0.1) is 5.92 Å². The molecule has 0 bridgehead atoms. The summed E-state index contributed by atoms with van der Waals surface area (Å²) < 4.78 is 0. The van der Waals surface area contributed by atoms with Gasteiger partial charge in [0.05, 0.1) is 5.52 Å². The number of fused-ring (bicyclic) bond motifs is 1. The molecule has 27 heavy (non-hydrogen) atoms. The highest BCUT2D eigenvalue weighted by atomic mass is 35.5. The lowest BCUT2D eigenvalue weighted by Crippen LogP contribution is -2.43. The Morgan fingerprint density at radius 1 is 0.963 bits per heavy atom. The summed E-state index contributed by atoms with van der Waals surface area (Å²) in [7, 11) is 0. The van der Waals surface area contributed by atoms with Crippen LogP contribution in [0.1, 0.15) is 57.8 Å². The lowest BCUT2D eigenvalue weighted by molar-refractivity contribution is -0.126. The predicted octanol–water partition coefficient (Wildman–Crippen LogP) is 5.31. The van der Waals surface area contributed by atoms with Crippen molar-refractivity contribution in [3.8, 4) is 0 Å². The molecule has 0 unspecified atom stereocenters. The van der Waals surface area contributed by atoms with Crippen molar-refractivity contribution < 1.29 is 4.79 Å². The van der Waals surface area contributed by atoms with Crippen molar-refractivity contribution in [2.75, 3.05) is 5.32 Å². The molecule has 1 aromatic carbocycles. The highest BCUT2D eigenvalue weighted by molar-refractivity contribution is 6.31. The Labute approximate surface area is 166 Å². The molecule has 1 heterocycles. The van der Waals surface area contributed by atoms with Crippen LogP contribution in [0.5, 0.6) is 0 Å². The van der Waals surface area contributed by atoms with E-state index in [4.69, 9.17) is 11.6 Å². The van der Waals surface area contributed by atoms with Gasteiger partial charge in [-0.15, -0.1) is 0 Å². The predicted molar refractivity (Wildman–Crippen MR) is 111 cm³/mol. The van der Waals surface area contributed by atoms with Gasteiger partial charge in [-0.25, -0.2) is 0 Å². The Hall–Kier alpha value is -1.81. The maximum atomic E-state index is 12.5. The number of halogens is 1. The van der Waals surface area contributed by atoms with Crippen molar-refractivity contribution in [1.29, 1.82) is 0 Å². The van der Waals surface area contributed by atoms with Crippen LogP contribution in [0.15, 0.2) is 30.5 Å². The number of benzene rings is 1. The Morgan fingerprint density at radius 2 is 1.70 bits per heavy atom. The van der Waals surface area contributed by atoms with Gasteiger partial charge in [0, 0.05) is 40.3 Å². The number of carbonyl (C=O) groups excluding carboxylic acids is 1. The van der Waals surface area contributed by atoms with E-state index in [9.17, 15) is 4.79 Å². The summed E-state index contributed by atoms with van der Waals surface area (Å²) in [5.41, 5.74) is 2.03. The molecule has 2 aromatic rings. The Morgan fingerprint density at radius 3 is 2.48 bits per heavy atom. The molecule has 5 heteroatoms. The maximum Gasteiger partial charge on any atom is 0.223 e. The second kappa shape index (κ2) is 8.47. The van der Waals surface area contributed by atoms with Gasteiger partial charge in [-0.3, -0.25) is 9.78 Å². The van der Waals surface area contributed by atoms with E-state index < -0.39 is 0 Å². The van der Waals surface area contributed by atoms with E-state index >= 15 is 0 Å². The van der Waals surface area contributed by atoms with Crippen molar-refractivity contribution in [1.82, 2.24) is 10.3 Å². The number of nitrogens with zero attached hydrogens (tertiary/aromatic N) is 1. The minimum Gasteiger partial charge on any atom is -0.382 e. The van der Waals surface area contributed by atoms with Gasteiger partial charge in [0.25, 0.3) is 0 Å². The van der Waals surface area contributed by atoms with Crippen molar-refractivity contribution >= 4 is 34.1 Å². The van der Waals surface area contributed by atoms with Crippen molar-refractivity contribution in [3.63, 3.8) is 0 Å². The average Bonchev–Trinajstić information content (AvgIpc) is 2.70. The normalized spacial score (nSPS) is 23.9. The maximum absolute atomic E-state index is 12.5. The number of nitrogens with one attached hydrogen (secondary N) is 2. The fourth-order valence-electron chi connectivity index (χ4n) is 4.53. The summed E-state index contributed by atoms with van der Waals surface area (Å²) >= 11 is 6.08. The summed E-state index contributed by atoms with van der Waals surface area (Å²) in [6.07, 6.45) is 11.9. The number of hydrogen-bond donors (Lipinski definition) is 2. The van der Waals surface area contributed by atoms with E-state index in [2.05, 4.69) is 15.6 Å². The lowest BCUT2D eigenvalue weighted by atomic mass is 9.87. The number of amides is 1. The Balaban J connectivity index is 1.31. The number of rotatable bonds is 4. The third kappa shape index (κ3) is 4.55. The zero-order valence-electron chi connectivity index (χ0n) is 15.7. The largest absolute Gasteiger partial charge is 0.382 e. The first-order valence-corrected chi connectivity index (χ1v) is 10.7. The van der Waals surface area contributed by atoms with Crippen molar-refractivity contribution in [2.45, 2.75) is 69.9 Å². The van der Waals surface area contributed by atoms with Crippen LogP contribution in [-0.4, -0.2) is 23.0 Å². The summed E-state index contributed by atoms with van der Waals surface area (Å²) in [5.74, 6) is 0.549. The Kier molecular flexibility index (Phi) is 5.82. The number of anilines is 1. The van der Waals surface area contributed by atoms with Gasteiger partial charge in [-0.05, 0) is 62.8 Å². The zero-order chi connectivity index (χ0) is 18.6. The first-order chi connectivity index (χ1) is 13.2. The van der Waals surface area contributed by atoms with E-state index in [1.807, 2.05) is 30.5 Å². The quantitative estimate of drug-likeness (QED) is 0.750. The molecule has 2 saturated carbocycles. The zero-order valence-corrected chi connectivity index (χ0v) is 16.5. The molecule has 144 valence electrons. The number of hydrogen-bond acceptors (Lipinski definition) is 3. The smallest absolute Gasteiger partial charge is 0.223 e. The summed E-state index contributed by atoms with van der Waals surface area (Å²) in [6, 6.07) is 8.66. The van der Waals surface area contributed by atoms with Crippen molar-refractivity contribution in [2.24, 2.45) is 5.92 Å². The van der Waals surface area contributed by atoms with E-state index in [0.29, 0.717) is 23.0 Å². The van der Waals surface area contributed by atoms with Gasteiger partial charge in [-0.1, -0.05) is 30.9 Å². The van der Waals surface area contributed by atoms with Crippen LogP contribution < -0.4 is 10.6 Å². The van der Waals surface area contributed by atoms with Gasteiger partial charge in [0.2, 0.25) is 5.91 Å². The molecule has 0 saturated heterocycles. The second-order valence-corrected chi connectivity index (χ2v) is 8.49. The molecule has 4 rings (SSSR count). The van der Waals surface area contributed by atoms with E-state index in [-0.39, 0.29) is 5.92 Å². The van der Waals surface area contributed by atoms with Crippen molar-refractivity contribution in [3.05, 3.63) is 35.5 Å². The molecule has 0 atom stereocenters. The first-order valence-electron chi connectivity index (χ1n) is 10.3. The van der Waals surface area contributed by atoms with Gasteiger partial charge < -0.3 is 10.6 Å². The molecule has 0 aliphatic heterocycles. The highest BCUT2D eigenvalue weighted by Gasteiger charge is 2.26. The van der Waals surface area contributed by atoms with E-state index in [1.165, 1.54) is 19.3 Å². The minimum absolute atomic E-state index is 0.254. The molecule has 1 amide bonds. The topological polar surface area (TPSA) is 54.0 Å². The molecule has 1 aromatic heterocycles. The van der Waals surface area contributed by atoms with Gasteiger partial charge in [-0.2, -0.15) is 0 Å². The number of aromatic nitrogens is 1. The van der Waals surface area contributed by atoms with Crippen LogP contribution >= 0.6 is 11.6 Å². The van der Waals surface area contributed by atoms with Crippen LogP contribution in [0.4, 0.5) is 5.69 Å². The molecule has 2 fully saturated rings. The summed E-state index contributed by atoms with van der Waals surface area (Å²) in [4.78, 5) is 16.9. The molecule has 2 aliphatic rings. The van der Waals surface area contributed by atoms with E-state index in [1.54, 1.807) is 0 Å². The van der Waals surface area contributed by atoms with E-state index in [0.717, 1.165) is 55.1 Å². The lowest BCUT2D eigenvalue weighted by Gasteiger charge is -2.32.